The van der Waals surface area contributed by atoms with E-state index < -0.39 is 0 Å². The molecular formula is C17H25NO. The van der Waals surface area contributed by atoms with Gasteiger partial charge in [0.25, 0.3) is 0 Å². The summed E-state index contributed by atoms with van der Waals surface area (Å²) in [4.78, 5) is 0. The first kappa shape index (κ1) is 12.0. The molecule has 4 rings (SSSR count). The molecule has 0 amide bonds. The first-order chi connectivity index (χ1) is 9.24. The average molecular weight is 259 g/mol. The summed E-state index contributed by atoms with van der Waals surface area (Å²) in [5.41, 5.74) is 2.63. The van der Waals surface area contributed by atoms with Crippen molar-refractivity contribution in [2.45, 2.75) is 64.0 Å². The maximum absolute atomic E-state index is 10.1. The lowest BCUT2D eigenvalue weighted by molar-refractivity contribution is 0.154. The molecule has 3 aliphatic rings. The molecular weight excluding hydrogens is 234 g/mol. The van der Waals surface area contributed by atoms with Crippen molar-refractivity contribution in [2.75, 3.05) is 0 Å². The fourth-order valence-corrected chi connectivity index (χ4v) is 5.16. The number of fused-ring (bicyclic) bond motifs is 3. The van der Waals surface area contributed by atoms with Crippen molar-refractivity contribution >= 4 is 0 Å². The second-order valence-corrected chi connectivity index (χ2v) is 7.11. The number of nitrogens with zero attached hydrogens (tertiary/aromatic N) is 1. The molecule has 2 saturated carbocycles. The van der Waals surface area contributed by atoms with Gasteiger partial charge in [0.2, 0.25) is 0 Å². The van der Waals surface area contributed by atoms with Crippen LogP contribution in [-0.2, 0) is 6.42 Å². The Morgan fingerprint density at radius 3 is 2.89 bits per heavy atom. The summed E-state index contributed by atoms with van der Waals surface area (Å²) in [6, 6.07) is 2.80. The number of hydrogen-bond donors (Lipinski definition) is 1. The van der Waals surface area contributed by atoms with Crippen molar-refractivity contribution in [3.63, 3.8) is 0 Å². The third kappa shape index (κ3) is 1.79. The molecule has 0 aromatic carbocycles. The Labute approximate surface area is 115 Å². The van der Waals surface area contributed by atoms with E-state index in [1.54, 1.807) is 0 Å². The van der Waals surface area contributed by atoms with Gasteiger partial charge >= 0.3 is 0 Å². The van der Waals surface area contributed by atoms with Gasteiger partial charge in [-0.25, -0.2) is 0 Å². The van der Waals surface area contributed by atoms with Crippen molar-refractivity contribution < 1.29 is 5.11 Å². The van der Waals surface area contributed by atoms with E-state index in [0.29, 0.717) is 6.04 Å². The van der Waals surface area contributed by atoms with Gasteiger partial charge in [-0.05, 0) is 69.3 Å². The maximum Gasteiger partial charge on any atom is 0.0807 e. The Morgan fingerprint density at radius 1 is 1.26 bits per heavy atom. The lowest BCUT2D eigenvalue weighted by Gasteiger charge is -2.31. The van der Waals surface area contributed by atoms with Crippen LogP contribution in [0.3, 0.4) is 0 Å². The van der Waals surface area contributed by atoms with Crippen LogP contribution in [0.5, 0.6) is 0 Å². The number of aromatic nitrogens is 1. The summed E-state index contributed by atoms with van der Waals surface area (Å²) in [7, 11) is 0. The van der Waals surface area contributed by atoms with Crippen LogP contribution in [0.2, 0.25) is 0 Å². The molecule has 5 atom stereocenters. The van der Waals surface area contributed by atoms with Crippen molar-refractivity contribution in [2.24, 2.45) is 17.8 Å². The Hall–Kier alpha value is -0.760. The van der Waals surface area contributed by atoms with Crippen molar-refractivity contribution in [3.05, 3.63) is 23.5 Å². The van der Waals surface area contributed by atoms with E-state index in [-0.39, 0.29) is 6.10 Å². The topological polar surface area (TPSA) is 25.2 Å². The number of aliphatic hydroxyl groups excluding tert-OH is 1. The van der Waals surface area contributed by atoms with Crippen LogP contribution in [0.15, 0.2) is 12.3 Å². The lowest BCUT2D eigenvalue weighted by atomic mass is 9.83. The van der Waals surface area contributed by atoms with Crippen molar-refractivity contribution in [3.8, 4) is 0 Å². The molecule has 1 heterocycles. The highest BCUT2D eigenvalue weighted by Crippen LogP contribution is 2.52. The highest BCUT2D eigenvalue weighted by molar-refractivity contribution is 5.28. The van der Waals surface area contributed by atoms with Gasteiger partial charge in [-0.2, -0.15) is 0 Å². The van der Waals surface area contributed by atoms with Crippen LogP contribution in [0.25, 0.3) is 0 Å². The lowest BCUT2D eigenvalue weighted by Crippen LogP contribution is -2.24. The van der Waals surface area contributed by atoms with Crippen molar-refractivity contribution in [1.82, 2.24) is 4.57 Å². The van der Waals surface area contributed by atoms with Gasteiger partial charge in [-0.3, -0.25) is 0 Å². The number of aliphatic hydroxyl groups is 1. The van der Waals surface area contributed by atoms with Gasteiger partial charge in [-0.1, -0.05) is 6.42 Å². The first-order valence-electron chi connectivity index (χ1n) is 8.11. The SMILES string of the molecule is CC(C1CC2CCC1C2)n1ccc2c1CCCC2O. The molecule has 19 heavy (non-hydrogen) atoms. The van der Waals surface area contributed by atoms with Gasteiger partial charge < -0.3 is 9.67 Å². The van der Waals surface area contributed by atoms with E-state index in [1.165, 1.54) is 36.9 Å². The van der Waals surface area contributed by atoms with E-state index in [2.05, 4.69) is 23.8 Å². The van der Waals surface area contributed by atoms with Crippen LogP contribution >= 0.6 is 0 Å². The Bertz CT molecular complexity index is 478. The van der Waals surface area contributed by atoms with Crippen LogP contribution < -0.4 is 0 Å². The zero-order chi connectivity index (χ0) is 13.0. The van der Waals surface area contributed by atoms with Crippen LogP contribution in [0.4, 0.5) is 0 Å². The van der Waals surface area contributed by atoms with Crippen LogP contribution in [0, 0.1) is 17.8 Å². The zero-order valence-corrected chi connectivity index (χ0v) is 11.9. The molecule has 1 N–H and O–H groups in total. The smallest absolute Gasteiger partial charge is 0.0807 e. The van der Waals surface area contributed by atoms with Gasteiger partial charge in [0.05, 0.1) is 6.10 Å². The van der Waals surface area contributed by atoms with Crippen LogP contribution in [0.1, 0.15) is 68.9 Å². The zero-order valence-electron chi connectivity index (χ0n) is 11.9. The third-order valence-corrected chi connectivity index (χ3v) is 6.16. The average Bonchev–Trinajstić information content (AvgIpc) is 3.12. The monoisotopic (exact) mass is 259 g/mol. The summed E-state index contributed by atoms with van der Waals surface area (Å²) in [5, 5.41) is 10.1. The predicted octanol–water partition coefficient (Wildman–Crippen LogP) is 3.86. The molecule has 0 spiro atoms. The van der Waals surface area contributed by atoms with E-state index in [4.69, 9.17) is 0 Å². The highest BCUT2D eigenvalue weighted by Gasteiger charge is 2.42. The number of rotatable bonds is 2. The molecule has 2 nitrogen and oxygen atoms in total. The summed E-state index contributed by atoms with van der Waals surface area (Å²) >= 11 is 0. The Morgan fingerprint density at radius 2 is 2.16 bits per heavy atom. The molecule has 104 valence electrons. The van der Waals surface area contributed by atoms with E-state index in [9.17, 15) is 5.11 Å². The van der Waals surface area contributed by atoms with E-state index >= 15 is 0 Å². The molecule has 0 saturated heterocycles. The Balaban J connectivity index is 1.62. The van der Waals surface area contributed by atoms with Gasteiger partial charge in [0.15, 0.2) is 0 Å². The molecule has 1 aromatic rings. The van der Waals surface area contributed by atoms with Gasteiger partial charge in [0.1, 0.15) is 0 Å². The minimum absolute atomic E-state index is 0.211. The standard InChI is InChI=1S/C17H25NO/c1-11(15-10-12-5-6-13(15)9-12)18-8-7-14-16(18)3-2-4-17(14)19/h7-8,11-13,15,17,19H,2-6,9-10H2,1H3. The molecule has 0 radical (unpaired) electrons. The quantitative estimate of drug-likeness (QED) is 0.857. The summed E-state index contributed by atoms with van der Waals surface area (Å²) in [6.07, 6.45) is 11.2. The molecule has 3 aliphatic carbocycles. The maximum atomic E-state index is 10.1. The van der Waals surface area contributed by atoms with Gasteiger partial charge in [-0.15, -0.1) is 0 Å². The van der Waals surface area contributed by atoms with E-state index in [0.717, 1.165) is 37.0 Å². The molecule has 2 bridgehead atoms. The van der Waals surface area contributed by atoms with Crippen LogP contribution in [-0.4, -0.2) is 9.67 Å². The fraction of sp³-hybridized carbons (Fsp3) is 0.765. The molecule has 0 aliphatic heterocycles. The molecule has 2 fully saturated rings. The fourth-order valence-electron chi connectivity index (χ4n) is 5.16. The normalized spacial score (nSPS) is 38.4. The second-order valence-electron chi connectivity index (χ2n) is 7.11. The molecule has 1 aromatic heterocycles. The summed E-state index contributed by atoms with van der Waals surface area (Å²) in [5.74, 6) is 2.88. The second kappa shape index (κ2) is 4.37. The third-order valence-electron chi connectivity index (χ3n) is 6.16. The minimum Gasteiger partial charge on any atom is -0.388 e. The Kier molecular flexibility index (Phi) is 2.77. The van der Waals surface area contributed by atoms with Crippen molar-refractivity contribution in [1.29, 1.82) is 0 Å². The van der Waals surface area contributed by atoms with Gasteiger partial charge in [0, 0.05) is 23.5 Å². The largest absolute Gasteiger partial charge is 0.388 e. The predicted molar refractivity (Wildman–Crippen MR) is 76.0 cm³/mol. The molecule has 5 unspecified atom stereocenters. The van der Waals surface area contributed by atoms with E-state index in [1.807, 2.05) is 0 Å². The summed E-state index contributed by atoms with van der Waals surface area (Å²) < 4.78 is 2.50. The summed E-state index contributed by atoms with van der Waals surface area (Å²) in [6.45, 7) is 2.41. The minimum atomic E-state index is -0.211. The highest BCUT2D eigenvalue weighted by atomic mass is 16.3. The molecule has 2 heteroatoms. The number of hydrogen-bond acceptors (Lipinski definition) is 1. The first-order valence-corrected chi connectivity index (χ1v) is 8.11.